The number of halogens is 1. The number of nitrogens with one attached hydrogen (secondary N) is 1. The molecule has 0 saturated carbocycles. The van der Waals surface area contributed by atoms with Crippen LogP contribution < -0.4 is 5.32 Å². The van der Waals surface area contributed by atoms with Crippen LogP contribution >= 0.6 is 0 Å². The fraction of sp³-hybridized carbons (Fsp3) is 0.0769. The maximum atomic E-state index is 13.2. The summed E-state index contributed by atoms with van der Waals surface area (Å²) in [6.45, 7) is 0.103. The Morgan fingerprint density at radius 2 is 1.81 bits per heavy atom. The SMILES string of the molecule is O=[N+]([O-])c1cccc(CNc2cc(F)ccc2[N+](=O)[O-])c1. The Morgan fingerprint density at radius 3 is 2.48 bits per heavy atom. The molecule has 0 spiro atoms. The molecule has 0 unspecified atom stereocenters. The van der Waals surface area contributed by atoms with Crippen molar-refractivity contribution in [1.82, 2.24) is 0 Å². The molecule has 1 N–H and O–H groups in total. The van der Waals surface area contributed by atoms with E-state index in [9.17, 15) is 24.6 Å². The average molecular weight is 291 g/mol. The van der Waals surface area contributed by atoms with E-state index in [4.69, 9.17) is 0 Å². The van der Waals surface area contributed by atoms with E-state index < -0.39 is 15.7 Å². The van der Waals surface area contributed by atoms with Gasteiger partial charge in [0.25, 0.3) is 11.4 Å². The van der Waals surface area contributed by atoms with Gasteiger partial charge < -0.3 is 5.32 Å². The molecule has 0 saturated heterocycles. The molecule has 0 aliphatic carbocycles. The highest BCUT2D eigenvalue weighted by Crippen LogP contribution is 2.25. The molecule has 0 fully saturated rings. The van der Waals surface area contributed by atoms with Gasteiger partial charge in [-0.3, -0.25) is 20.2 Å². The van der Waals surface area contributed by atoms with Gasteiger partial charge in [0.15, 0.2) is 0 Å². The van der Waals surface area contributed by atoms with Crippen LogP contribution in [0, 0.1) is 26.0 Å². The number of rotatable bonds is 5. The molecule has 0 aliphatic heterocycles. The molecule has 0 radical (unpaired) electrons. The van der Waals surface area contributed by atoms with Crippen LogP contribution in [0.5, 0.6) is 0 Å². The van der Waals surface area contributed by atoms with Crippen molar-refractivity contribution in [3.05, 3.63) is 74.1 Å². The molecule has 0 bridgehead atoms. The Balaban J connectivity index is 2.20. The third-order valence-electron chi connectivity index (χ3n) is 2.76. The van der Waals surface area contributed by atoms with Crippen molar-refractivity contribution in [2.75, 3.05) is 5.32 Å². The summed E-state index contributed by atoms with van der Waals surface area (Å²) in [6.07, 6.45) is 0. The van der Waals surface area contributed by atoms with Crippen molar-refractivity contribution >= 4 is 17.1 Å². The second-order valence-corrected chi connectivity index (χ2v) is 4.20. The van der Waals surface area contributed by atoms with E-state index in [1.54, 1.807) is 6.07 Å². The van der Waals surface area contributed by atoms with Crippen LogP contribution in [0.1, 0.15) is 5.56 Å². The van der Waals surface area contributed by atoms with Crippen LogP contribution in [0.3, 0.4) is 0 Å². The number of hydrogen-bond donors (Lipinski definition) is 1. The van der Waals surface area contributed by atoms with Crippen molar-refractivity contribution in [3.63, 3.8) is 0 Å². The van der Waals surface area contributed by atoms with Crippen molar-refractivity contribution in [2.45, 2.75) is 6.54 Å². The molecule has 0 aromatic heterocycles. The van der Waals surface area contributed by atoms with Crippen molar-refractivity contribution in [1.29, 1.82) is 0 Å². The van der Waals surface area contributed by atoms with E-state index >= 15 is 0 Å². The van der Waals surface area contributed by atoms with Crippen LogP contribution in [-0.2, 0) is 6.54 Å². The molecule has 0 amide bonds. The number of nitro benzene ring substituents is 2. The van der Waals surface area contributed by atoms with Crippen LogP contribution in [0.15, 0.2) is 42.5 Å². The lowest BCUT2D eigenvalue weighted by molar-refractivity contribution is -0.384. The molecule has 0 atom stereocenters. The molecule has 0 heterocycles. The van der Waals surface area contributed by atoms with Crippen molar-refractivity contribution < 1.29 is 14.2 Å². The Kier molecular flexibility index (Phi) is 4.07. The Morgan fingerprint density at radius 1 is 1.05 bits per heavy atom. The van der Waals surface area contributed by atoms with Gasteiger partial charge in [0.2, 0.25) is 0 Å². The zero-order valence-corrected chi connectivity index (χ0v) is 10.7. The topological polar surface area (TPSA) is 98.3 Å². The molecule has 108 valence electrons. The van der Waals surface area contributed by atoms with Gasteiger partial charge in [-0.15, -0.1) is 0 Å². The van der Waals surface area contributed by atoms with Gasteiger partial charge in [-0.2, -0.15) is 0 Å². The molecule has 8 heteroatoms. The summed E-state index contributed by atoms with van der Waals surface area (Å²) < 4.78 is 13.2. The summed E-state index contributed by atoms with van der Waals surface area (Å²) in [5.41, 5.74) is 0.235. The monoisotopic (exact) mass is 291 g/mol. The summed E-state index contributed by atoms with van der Waals surface area (Å²) in [7, 11) is 0. The lowest BCUT2D eigenvalue weighted by Gasteiger charge is -2.07. The fourth-order valence-corrected chi connectivity index (χ4v) is 1.79. The Hall–Kier alpha value is -3.03. The summed E-state index contributed by atoms with van der Waals surface area (Å²) in [5, 5.41) is 24.2. The zero-order valence-electron chi connectivity index (χ0n) is 10.7. The van der Waals surface area contributed by atoms with Crippen LogP contribution in [-0.4, -0.2) is 9.85 Å². The van der Waals surface area contributed by atoms with E-state index in [2.05, 4.69) is 5.32 Å². The molecule has 0 aliphatic rings. The predicted molar refractivity (Wildman–Crippen MR) is 73.5 cm³/mol. The van der Waals surface area contributed by atoms with Gasteiger partial charge in [0, 0.05) is 30.8 Å². The van der Waals surface area contributed by atoms with Gasteiger partial charge in [-0.1, -0.05) is 12.1 Å². The minimum absolute atomic E-state index is 0.0199. The first-order valence-electron chi connectivity index (χ1n) is 5.88. The van der Waals surface area contributed by atoms with E-state index in [1.807, 2.05) is 0 Å². The molecular formula is C13H10FN3O4. The Labute approximate surface area is 118 Å². The minimum Gasteiger partial charge on any atom is -0.375 e. The molecule has 2 aromatic carbocycles. The number of non-ortho nitro benzene ring substituents is 1. The van der Waals surface area contributed by atoms with Crippen LogP contribution in [0.4, 0.5) is 21.5 Å². The lowest BCUT2D eigenvalue weighted by atomic mass is 10.2. The standard InChI is InChI=1S/C13H10FN3O4/c14-10-4-5-13(17(20)21)12(7-10)15-8-9-2-1-3-11(6-9)16(18)19/h1-7,15H,8H2. The molecule has 2 rings (SSSR count). The number of anilines is 1. The first-order chi connectivity index (χ1) is 9.97. The third-order valence-corrected chi connectivity index (χ3v) is 2.76. The maximum Gasteiger partial charge on any atom is 0.292 e. The average Bonchev–Trinajstić information content (AvgIpc) is 2.45. The highest BCUT2D eigenvalue weighted by atomic mass is 19.1. The van der Waals surface area contributed by atoms with Gasteiger partial charge in [0.1, 0.15) is 11.5 Å². The molecule has 21 heavy (non-hydrogen) atoms. The van der Waals surface area contributed by atoms with E-state index in [1.165, 1.54) is 18.2 Å². The number of benzene rings is 2. The molecule has 7 nitrogen and oxygen atoms in total. The summed E-state index contributed by atoms with van der Waals surface area (Å²) in [5.74, 6) is -0.609. The van der Waals surface area contributed by atoms with Gasteiger partial charge in [-0.25, -0.2) is 4.39 Å². The van der Waals surface area contributed by atoms with Gasteiger partial charge in [-0.05, 0) is 11.6 Å². The predicted octanol–water partition coefficient (Wildman–Crippen LogP) is 3.25. The largest absolute Gasteiger partial charge is 0.375 e. The first kappa shape index (κ1) is 14.4. The molecular weight excluding hydrogens is 281 g/mol. The summed E-state index contributed by atoms with van der Waals surface area (Å²) in [4.78, 5) is 20.3. The number of nitro groups is 2. The third kappa shape index (κ3) is 3.50. The van der Waals surface area contributed by atoms with E-state index in [0.717, 1.165) is 18.2 Å². The normalized spacial score (nSPS) is 10.1. The molecule has 2 aromatic rings. The highest BCUT2D eigenvalue weighted by Gasteiger charge is 2.14. The second kappa shape index (κ2) is 5.95. The zero-order chi connectivity index (χ0) is 15.4. The van der Waals surface area contributed by atoms with Gasteiger partial charge >= 0.3 is 0 Å². The van der Waals surface area contributed by atoms with E-state index in [0.29, 0.717) is 5.56 Å². The van der Waals surface area contributed by atoms with Crippen molar-refractivity contribution in [2.24, 2.45) is 0 Å². The fourth-order valence-electron chi connectivity index (χ4n) is 1.79. The Bertz CT molecular complexity index is 706. The first-order valence-corrected chi connectivity index (χ1v) is 5.88. The minimum atomic E-state index is -0.630. The maximum absolute atomic E-state index is 13.2. The van der Waals surface area contributed by atoms with Crippen LogP contribution in [0.2, 0.25) is 0 Å². The van der Waals surface area contributed by atoms with Gasteiger partial charge in [0.05, 0.1) is 9.85 Å². The number of hydrogen-bond acceptors (Lipinski definition) is 5. The van der Waals surface area contributed by atoms with E-state index in [-0.39, 0.29) is 23.6 Å². The quantitative estimate of drug-likeness (QED) is 0.673. The second-order valence-electron chi connectivity index (χ2n) is 4.20. The van der Waals surface area contributed by atoms with Crippen molar-refractivity contribution in [3.8, 4) is 0 Å². The van der Waals surface area contributed by atoms with Crippen LogP contribution in [0.25, 0.3) is 0 Å². The lowest BCUT2D eigenvalue weighted by Crippen LogP contribution is -2.03. The summed E-state index contributed by atoms with van der Waals surface area (Å²) in [6, 6.07) is 8.89. The summed E-state index contributed by atoms with van der Waals surface area (Å²) >= 11 is 0. The number of nitrogens with zero attached hydrogens (tertiary/aromatic N) is 2. The smallest absolute Gasteiger partial charge is 0.292 e. The highest BCUT2D eigenvalue weighted by molar-refractivity contribution is 5.61.